The van der Waals surface area contributed by atoms with Gasteiger partial charge in [-0.2, -0.15) is 0 Å². The van der Waals surface area contributed by atoms with Gasteiger partial charge in [-0.1, -0.05) is 6.07 Å². The molecule has 0 saturated heterocycles. The largest absolute Gasteiger partial charge is 0.350 e. The zero-order valence-electron chi connectivity index (χ0n) is 14.1. The number of nitrogens with zero attached hydrogens (tertiary/aromatic N) is 2. The summed E-state index contributed by atoms with van der Waals surface area (Å²) in [6, 6.07) is 11.0. The van der Waals surface area contributed by atoms with Crippen LogP contribution < -0.4 is 5.32 Å². The Balaban J connectivity index is 1.90. The summed E-state index contributed by atoms with van der Waals surface area (Å²) in [6.45, 7) is -0.168. The first-order valence-corrected chi connectivity index (χ1v) is 9.61. The third-order valence-corrected chi connectivity index (χ3v) is 6.06. The first-order chi connectivity index (χ1) is 13.0. The Labute approximate surface area is 156 Å². The number of rotatable bonds is 6. The maximum absolute atomic E-state index is 13.2. The van der Waals surface area contributed by atoms with Gasteiger partial charge in [-0.25, -0.2) is 12.8 Å². The number of carbonyl (C=O) groups excluding carboxylic acids is 1. The summed E-state index contributed by atoms with van der Waals surface area (Å²) < 4.78 is 39.3. The number of nitrogens with one attached hydrogen (secondary N) is 1. The zero-order valence-corrected chi connectivity index (χ0v) is 14.9. The smallest absolute Gasteiger partial charge is 0.252 e. The van der Waals surface area contributed by atoms with Crippen molar-refractivity contribution in [3.63, 3.8) is 0 Å². The lowest BCUT2D eigenvalue weighted by Gasteiger charge is -2.18. The van der Waals surface area contributed by atoms with E-state index in [-0.39, 0.29) is 11.4 Å². The van der Waals surface area contributed by atoms with Crippen LogP contribution in [0.4, 0.5) is 4.39 Å². The number of carbonyl (C=O) groups is 1. The van der Waals surface area contributed by atoms with Crippen molar-refractivity contribution in [3.05, 3.63) is 90.3 Å². The van der Waals surface area contributed by atoms with Crippen molar-refractivity contribution in [2.24, 2.45) is 0 Å². The van der Waals surface area contributed by atoms with Crippen LogP contribution in [0.2, 0.25) is 0 Å². The van der Waals surface area contributed by atoms with Crippen LogP contribution >= 0.6 is 0 Å². The van der Waals surface area contributed by atoms with E-state index >= 15 is 0 Å². The quantitative estimate of drug-likeness (QED) is 0.659. The van der Waals surface area contributed by atoms with E-state index in [0.717, 1.165) is 12.1 Å². The summed E-state index contributed by atoms with van der Waals surface area (Å²) in [5.74, 6) is -0.969. The van der Waals surface area contributed by atoms with Crippen molar-refractivity contribution >= 4 is 15.7 Å². The van der Waals surface area contributed by atoms with Crippen molar-refractivity contribution in [1.82, 2.24) is 15.3 Å². The van der Waals surface area contributed by atoms with E-state index in [1.54, 1.807) is 24.3 Å². The molecule has 0 aliphatic carbocycles. The Kier molecular flexibility index (Phi) is 5.56. The van der Waals surface area contributed by atoms with Gasteiger partial charge < -0.3 is 5.32 Å². The second-order valence-electron chi connectivity index (χ2n) is 5.73. The average molecular weight is 385 g/mol. The van der Waals surface area contributed by atoms with Crippen LogP contribution in [0.25, 0.3) is 0 Å². The molecule has 0 radical (unpaired) electrons. The molecule has 1 N–H and O–H groups in total. The van der Waals surface area contributed by atoms with E-state index in [1.165, 1.54) is 36.9 Å². The molecule has 3 aromatic rings. The monoisotopic (exact) mass is 385 g/mol. The van der Waals surface area contributed by atoms with Crippen LogP contribution in [-0.2, 0) is 9.84 Å². The number of hydrogen-bond donors (Lipinski definition) is 1. The predicted molar refractivity (Wildman–Crippen MR) is 97.1 cm³/mol. The number of aromatic nitrogens is 2. The van der Waals surface area contributed by atoms with Gasteiger partial charge in [-0.15, -0.1) is 0 Å². The van der Waals surface area contributed by atoms with Crippen LogP contribution in [-0.4, -0.2) is 30.8 Å². The van der Waals surface area contributed by atoms with Crippen LogP contribution in [0.3, 0.4) is 0 Å². The zero-order chi connectivity index (χ0) is 19.3. The van der Waals surface area contributed by atoms with Gasteiger partial charge in [0.1, 0.15) is 11.1 Å². The van der Waals surface area contributed by atoms with Crippen molar-refractivity contribution < 1.29 is 17.6 Å². The van der Waals surface area contributed by atoms with Crippen molar-refractivity contribution in [3.8, 4) is 0 Å². The van der Waals surface area contributed by atoms with Crippen LogP contribution in [0.15, 0.2) is 78.2 Å². The highest BCUT2D eigenvalue weighted by molar-refractivity contribution is 7.91. The molecule has 6 nitrogen and oxygen atoms in total. The molecule has 3 rings (SSSR count). The molecule has 2 aromatic heterocycles. The van der Waals surface area contributed by atoms with Gasteiger partial charge in [0.15, 0.2) is 9.84 Å². The van der Waals surface area contributed by atoms with Gasteiger partial charge in [-0.3, -0.25) is 14.8 Å². The Hall–Kier alpha value is -3.13. The molecule has 0 fully saturated rings. The highest BCUT2D eigenvalue weighted by Gasteiger charge is 2.30. The molecule has 8 heteroatoms. The maximum Gasteiger partial charge on any atom is 0.252 e. The Morgan fingerprint density at radius 3 is 2.26 bits per heavy atom. The Morgan fingerprint density at radius 2 is 1.67 bits per heavy atom. The summed E-state index contributed by atoms with van der Waals surface area (Å²) in [4.78, 5) is 20.1. The number of pyridine rings is 2. The van der Waals surface area contributed by atoms with E-state index in [9.17, 15) is 17.6 Å². The highest BCUT2D eigenvalue weighted by Crippen LogP contribution is 2.28. The summed E-state index contributed by atoms with van der Waals surface area (Å²) in [6.07, 6.45) is 5.89. The molecule has 0 bridgehead atoms. The van der Waals surface area contributed by atoms with Crippen molar-refractivity contribution in [1.29, 1.82) is 0 Å². The summed E-state index contributed by atoms with van der Waals surface area (Å²) in [5, 5.41) is 1.55. The number of benzene rings is 1. The van der Waals surface area contributed by atoms with E-state index < -0.39 is 26.8 Å². The number of sulfone groups is 1. The standard InChI is InChI=1S/C19H16FN3O3S/c20-16-5-7-17(8-6-16)27(25,26)18(14-3-1-9-21-11-14)13-23-19(24)15-4-2-10-22-12-15/h1-12,18H,13H2,(H,23,24). The number of hydrogen-bond acceptors (Lipinski definition) is 5. The fourth-order valence-electron chi connectivity index (χ4n) is 2.55. The average Bonchev–Trinajstić information content (AvgIpc) is 2.69. The van der Waals surface area contributed by atoms with Gasteiger partial charge in [0.25, 0.3) is 5.91 Å². The first kappa shape index (κ1) is 18.7. The third-order valence-electron chi connectivity index (χ3n) is 3.94. The fraction of sp³-hybridized carbons (Fsp3) is 0.105. The minimum atomic E-state index is -3.89. The minimum absolute atomic E-state index is 0.0339. The van der Waals surface area contributed by atoms with Crippen LogP contribution in [0.5, 0.6) is 0 Å². The van der Waals surface area contributed by atoms with E-state index in [4.69, 9.17) is 0 Å². The summed E-state index contributed by atoms with van der Waals surface area (Å²) in [5.41, 5.74) is 0.745. The lowest BCUT2D eigenvalue weighted by atomic mass is 10.2. The minimum Gasteiger partial charge on any atom is -0.350 e. The summed E-state index contributed by atoms with van der Waals surface area (Å²) >= 11 is 0. The van der Waals surface area contributed by atoms with Gasteiger partial charge in [0.2, 0.25) is 0 Å². The SMILES string of the molecule is O=C(NCC(c1cccnc1)S(=O)(=O)c1ccc(F)cc1)c1cccnc1. The fourth-order valence-corrected chi connectivity index (χ4v) is 4.19. The maximum atomic E-state index is 13.2. The molecule has 1 unspecified atom stereocenters. The molecule has 0 aliphatic rings. The molecule has 0 aliphatic heterocycles. The second-order valence-corrected chi connectivity index (χ2v) is 7.86. The first-order valence-electron chi connectivity index (χ1n) is 8.06. The molecule has 1 atom stereocenters. The van der Waals surface area contributed by atoms with Crippen molar-refractivity contribution in [2.75, 3.05) is 6.54 Å². The molecule has 1 amide bonds. The molecule has 1 aromatic carbocycles. The normalized spacial score (nSPS) is 12.3. The Morgan fingerprint density at radius 1 is 1.00 bits per heavy atom. The van der Waals surface area contributed by atoms with Gasteiger partial charge >= 0.3 is 0 Å². The highest BCUT2D eigenvalue weighted by atomic mass is 32.2. The number of amides is 1. The molecule has 0 saturated carbocycles. The third kappa shape index (κ3) is 4.35. The van der Waals surface area contributed by atoms with Gasteiger partial charge in [0, 0.05) is 31.3 Å². The molecule has 0 spiro atoms. The lowest BCUT2D eigenvalue weighted by Crippen LogP contribution is -2.32. The second kappa shape index (κ2) is 8.05. The van der Waals surface area contributed by atoms with Crippen LogP contribution in [0.1, 0.15) is 21.2 Å². The van der Waals surface area contributed by atoms with E-state index in [1.807, 2.05) is 0 Å². The topological polar surface area (TPSA) is 89.0 Å². The lowest BCUT2D eigenvalue weighted by molar-refractivity contribution is 0.0953. The number of halogens is 1. The molecular weight excluding hydrogens is 369 g/mol. The Bertz CT molecular complexity index is 1010. The van der Waals surface area contributed by atoms with E-state index in [2.05, 4.69) is 15.3 Å². The molecule has 2 heterocycles. The molecular formula is C19H16FN3O3S. The molecule has 27 heavy (non-hydrogen) atoms. The predicted octanol–water partition coefficient (Wildman–Crippen LogP) is 2.56. The van der Waals surface area contributed by atoms with Gasteiger partial charge in [0.05, 0.1) is 10.5 Å². The van der Waals surface area contributed by atoms with Crippen molar-refractivity contribution in [2.45, 2.75) is 10.1 Å². The summed E-state index contributed by atoms with van der Waals surface area (Å²) in [7, 11) is -3.89. The molecule has 138 valence electrons. The van der Waals surface area contributed by atoms with Gasteiger partial charge in [-0.05, 0) is 48.0 Å². The van der Waals surface area contributed by atoms with Crippen LogP contribution in [0, 0.1) is 5.82 Å². The van der Waals surface area contributed by atoms with E-state index in [0.29, 0.717) is 11.1 Å².